The molecule has 2 N–H and O–H groups in total. The van der Waals surface area contributed by atoms with Gasteiger partial charge >= 0.3 is 0 Å². The van der Waals surface area contributed by atoms with Crippen LogP contribution in [0.5, 0.6) is 0 Å². The number of piperidine rings is 1. The van der Waals surface area contributed by atoms with Crippen LogP contribution in [0.3, 0.4) is 0 Å². The number of ether oxygens (including phenoxy) is 1. The highest BCUT2D eigenvalue weighted by Crippen LogP contribution is 2.24. The summed E-state index contributed by atoms with van der Waals surface area (Å²) in [5.41, 5.74) is 5.61. The number of hydrogen-bond acceptors (Lipinski definition) is 4. The highest BCUT2D eigenvalue weighted by Gasteiger charge is 2.32. The van der Waals surface area contributed by atoms with E-state index < -0.39 is 10.0 Å². The van der Waals surface area contributed by atoms with Crippen LogP contribution in [-0.4, -0.2) is 51.3 Å². The molecule has 1 heterocycles. The predicted molar refractivity (Wildman–Crippen MR) is 63.6 cm³/mol. The van der Waals surface area contributed by atoms with Crippen molar-refractivity contribution in [1.82, 2.24) is 4.31 Å². The van der Waals surface area contributed by atoms with Gasteiger partial charge in [0.05, 0.1) is 12.4 Å². The van der Waals surface area contributed by atoms with Crippen molar-refractivity contribution in [3.05, 3.63) is 0 Å². The molecule has 16 heavy (non-hydrogen) atoms. The van der Waals surface area contributed by atoms with Crippen LogP contribution in [0.4, 0.5) is 0 Å². The smallest absolute Gasteiger partial charge is 0.216 e. The van der Waals surface area contributed by atoms with Crippen molar-refractivity contribution >= 4 is 10.0 Å². The summed E-state index contributed by atoms with van der Waals surface area (Å²) in [5.74, 6) is 0.360. The molecule has 0 amide bonds. The Morgan fingerprint density at radius 2 is 2.12 bits per heavy atom. The van der Waals surface area contributed by atoms with E-state index in [1.165, 1.54) is 7.11 Å². The minimum atomic E-state index is -3.18. The summed E-state index contributed by atoms with van der Waals surface area (Å²) in [4.78, 5) is 0. The van der Waals surface area contributed by atoms with E-state index >= 15 is 0 Å². The van der Waals surface area contributed by atoms with Crippen molar-refractivity contribution in [1.29, 1.82) is 0 Å². The Balaban J connectivity index is 2.68. The quantitative estimate of drug-likeness (QED) is 0.746. The van der Waals surface area contributed by atoms with E-state index in [0.717, 1.165) is 12.8 Å². The average molecular weight is 250 g/mol. The van der Waals surface area contributed by atoms with Crippen LogP contribution in [-0.2, 0) is 14.8 Å². The molecule has 96 valence electrons. The first-order valence-electron chi connectivity index (χ1n) is 5.69. The van der Waals surface area contributed by atoms with E-state index in [0.29, 0.717) is 19.0 Å². The predicted octanol–water partition coefficient (Wildman–Crippen LogP) is 0.0218. The van der Waals surface area contributed by atoms with E-state index in [2.05, 4.69) is 0 Å². The lowest BCUT2D eigenvalue weighted by Gasteiger charge is -2.36. The summed E-state index contributed by atoms with van der Waals surface area (Å²) in [6.07, 6.45) is 1.92. The Morgan fingerprint density at radius 1 is 1.44 bits per heavy atom. The molecule has 0 aromatic carbocycles. The summed E-state index contributed by atoms with van der Waals surface area (Å²) in [7, 11) is -1.67. The van der Waals surface area contributed by atoms with Crippen LogP contribution >= 0.6 is 0 Å². The Labute approximate surface area is 98.0 Å². The summed E-state index contributed by atoms with van der Waals surface area (Å²) >= 11 is 0. The number of sulfonamides is 1. The zero-order chi connectivity index (χ0) is 12.2. The van der Waals surface area contributed by atoms with Crippen LogP contribution in [0.25, 0.3) is 0 Å². The number of nitrogens with two attached hydrogens (primary N) is 1. The second-order valence-electron chi connectivity index (χ2n) is 4.41. The van der Waals surface area contributed by atoms with Gasteiger partial charge in [-0.1, -0.05) is 0 Å². The molecule has 1 aliphatic heterocycles. The van der Waals surface area contributed by atoms with Crippen LogP contribution in [0, 0.1) is 5.92 Å². The van der Waals surface area contributed by atoms with Crippen molar-refractivity contribution in [2.45, 2.75) is 25.8 Å². The van der Waals surface area contributed by atoms with Crippen molar-refractivity contribution in [2.24, 2.45) is 11.7 Å². The molecule has 1 rings (SSSR count). The van der Waals surface area contributed by atoms with Crippen molar-refractivity contribution in [3.8, 4) is 0 Å². The zero-order valence-electron chi connectivity index (χ0n) is 10.1. The van der Waals surface area contributed by atoms with Gasteiger partial charge in [-0.15, -0.1) is 0 Å². The van der Waals surface area contributed by atoms with Gasteiger partial charge in [0, 0.05) is 19.7 Å². The van der Waals surface area contributed by atoms with E-state index in [9.17, 15) is 8.42 Å². The summed E-state index contributed by atoms with van der Waals surface area (Å²) < 4.78 is 30.5. The topological polar surface area (TPSA) is 72.6 Å². The minimum absolute atomic E-state index is 0.0606. The second-order valence-corrected chi connectivity index (χ2v) is 6.45. The molecular weight excluding hydrogens is 228 g/mol. The van der Waals surface area contributed by atoms with Gasteiger partial charge in [-0.05, 0) is 32.2 Å². The SMILES string of the molecule is COCCS(=O)(=O)N1CC(CN)CCC1C. The summed E-state index contributed by atoms with van der Waals surface area (Å²) in [5, 5.41) is 0. The first-order valence-corrected chi connectivity index (χ1v) is 7.30. The first-order chi connectivity index (χ1) is 7.51. The highest BCUT2D eigenvalue weighted by molar-refractivity contribution is 7.89. The van der Waals surface area contributed by atoms with Gasteiger partial charge in [-0.2, -0.15) is 4.31 Å². The fourth-order valence-corrected chi connectivity index (χ4v) is 3.74. The van der Waals surface area contributed by atoms with Gasteiger partial charge in [0.15, 0.2) is 0 Å². The molecule has 2 unspecified atom stereocenters. The van der Waals surface area contributed by atoms with E-state index in [1.54, 1.807) is 4.31 Å². The van der Waals surface area contributed by atoms with Crippen molar-refractivity contribution in [2.75, 3.05) is 32.6 Å². The third-order valence-corrected chi connectivity index (χ3v) is 5.06. The fourth-order valence-electron chi connectivity index (χ4n) is 2.03. The molecule has 0 saturated carbocycles. The van der Waals surface area contributed by atoms with Crippen molar-refractivity contribution in [3.63, 3.8) is 0 Å². The maximum Gasteiger partial charge on any atom is 0.216 e. The molecule has 0 radical (unpaired) electrons. The third-order valence-electron chi connectivity index (χ3n) is 3.16. The van der Waals surface area contributed by atoms with Gasteiger partial charge < -0.3 is 10.5 Å². The van der Waals surface area contributed by atoms with Crippen LogP contribution in [0.2, 0.25) is 0 Å². The monoisotopic (exact) mass is 250 g/mol. The lowest BCUT2D eigenvalue weighted by Crippen LogP contribution is -2.48. The number of nitrogens with zero attached hydrogens (tertiary/aromatic N) is 1. The second kappa shape index (κ2) is 5.95. The maximum absolute atomic E-state index is 12.0. The molecule has 0 aliphatic carbocycles. The minimum Gasteiger partial charge on any atom is -0.384 e. The Bertz CT molecular complexity index is 305. The van der Waals surface area contributed by atoms with E-state index in [-0.39, 0.29) is 18.4 Å². The molecule has 1 saturated heterocycles. The molecule has 2 atom stereocenters. The maximum atomic E-state index is 12.0. The van der Waals surface area contributed by atoms with Gasteiger partial charge in [0.1, 0.15) is 0 Å². The number of hydrogen-bond donors (Lipinski definition) is 1. The lowest BCUT2D eigenvalue weighted by molar-refractivity contribution is 0.198. The van der Waals surface area contributed by atoms with Crippen LogP contribution < -0.4 is 5.73 Å². The van der Waals surface area contributed by atoms with E-state index in [1.807, 2.05) is 6.92 Å². The van der Waals surface area contributed by atoms with E-state index in [4.69, 9.17) is 10.5 Å². The average Bonchev–Trinajstić information content (AvgIpc) is 2.27. The largest absolute Gasteiger partial charge is 0.384 e. The lowest BCUT2D eigenvalue weighted by atomic mass is 9.96. The van der Waals surface area contributed by atoms with Gasteiger partial charge in [-0.25, -0.2) is 8.42 Å². The molecular formula is C10H22N2O3S. The van der Waals surface area contributed by atoms with Gasteiger partial charge in [0.2, 0.25) is 10.0 Å². The summed E-state index contributed by atoms with van der Waals surface area (Å²) in [6, 6.07) is 0.0876. The number of rotatable bonds is 5. The third kappa shape index (κ3) is 3.41. The van der Waals surface area contributed by atoms with Crippen molar-refractivity contribution < 1.29 is 13.2 Å². The molecule has 0 aromatic heterocycles. The fraction of sp³-hybridized carbons (Fsp3) is 1.00. The molecule has 5 nitrogen and oxygen atoms in total. The summed E-state index contributed by atoms with van der Waals surface area (Å²) in [6.45, 7) is 3.32. The molecule has 1 fully saturated rings. The van der Waals surface area contributed by atoms with Gasteiger partial charge in [0.25, 0.3) is 0 Å². The van der Waals surface area contributed by atoms with Gasteiger partial charge in [-0.3, -0.25) is 0 Å². The van der Waals surface area contributed by atoms with Crippen LogP contribution in [0.1, 0.15) is 19.8 Å². The molecule has 0 bridgehead atoms. The first kappa shape index (κ1) is 13.9. The molecule has 0 spiro atoms. The Hall–Kier alpha value is -0.170. The van der Waals surface area contributed by atoms with Crippen LogP contribution in [0.15, 0.2) is 0 Å². The molecule has 1 aliphatic rings. The normalized spacial score (nSPS) is 28.2. The highest BCUT2D eigenvalue weighted by atomic mass is 32.2. The number of methoxy groups -OCH3 is 1. The standard InChI is InChI=1S/C10H22N2O3S/c1-9-3-4-10(7-11)8-12(9)16(13,14)6-5-15-2/h9-10H,3-8,11H2,1-2H3. The zero-order valence-corrected chi connectivity index (χ0v) is 10.9. The molecule has 0 aromatic rings. The Kier molecular flexibility index (Phi) is 5.17. The molecule has 6 heteroatoms. The Morgan fingerprint density at radius 3 is 2.69 bits per heavy atom.